The Labute approximate surface area is 141 Å². The molecule has 0 bridgehead atoms. The third kappa shape index (κ3) is 3.81. The number of halogens is 3. The summed E-state index contributed by atoms with van der Waals surface area (Å²) in [4.78, 5) is 17.6. The van der Waals surface area contributed by atoms with Gasteiger partial charge in [0.2, 0.25) is 5.91 Å². The molecule has 0 saturated carbocycles. The summed E-state index contributed by atoms with van der Waals surface area (Å²) in [5.74, 6) is -0.325. The Morgan fingerprint density at radius 3 is 2.76 bits per heavy atom. The fraction of sp³-hybridized carbons (Fsp3) is 0.438. The Morgan fingerprint density at radius 2 is 2.08 bits per heavy atom. The van der Waals surface area contributed by atoms with Crippen LogP contribution < -0.4 is 0 Å². The molecule has 3 rings (SSSR count). The van der Waals surface area contributed by atoms with Gasteiger partial charge in [0.25, 0.3) is 0 Å². The summed E-state index contributed by atoms with van der Waals surface area (Å²) in [6.07, 6.45) is -2.40. The van der Waals surface area contributed by atoms with Gasteiger partial charge < -0.3 is 10.0 Å². The number of carbonyl (C=O) groups excluding carboxylic acids is 1. The molecule has 1 aromatic heterocycles. The molecule has 2 aromatic rings. The van der Waals surface area contributed by atoms with E-state index in [0.717, 1.165) is 6.07 Å². The van der Waals surface area contributed by atoms with E-state index in [4.69, 9.17) is 0 Å². The average Bonchev–Trinajstić information content (AvgIpc) is 3.21. The maximum absolute atomic E-state index is 13.3. The first-order valence-corrected chi connectivity index (χ1v) is 7.82. The van der Waals surface area contributed by atoms with Crippen molar-refractivity contribution in [1.82, 2.24) is 19.7 Å². The second kappa shape index (κ2) is 6.83. The normalized spacial score (nSPS) is 20.9. The number of nitrogens with zero attached hydrogens (tertiary/aromatic N) is 4. The Kier molecular flexibility index (Phi) is 4.76. The molecule has 2 atom stereocenters. The lowest BCUT2D eigenvalue weighted by atomic mass is 9.97. The lowest BCUT2D eigenvalue weighted by Crippen LogP contribution is -2.33. The zero-order chi connectivity index (χ0) is 18.0. The van der Waals surface area contributed by atoms with Gasteiger partial charge in [-0.25, -0.2) is 4.98 Å². The topological polar surface area (TPSA) is 71.2 Å². The van der Waals surface area contributed by atoms with Gasteiger partial charge in [-0.2, -0.15) is 18.3 Å². The van der Waals surface area contributed by atoms with E-state index in [9.17, 15) is 23.1 Å². The van der Waals surface area contributed by atoms with E-state index in [2.05, 4.69) is 10.1 Å². The molecule has 1 amide bonds. The van der Waals surface area contributed by atoms with Gasteiger partial charge in [-0.05, 0) is 18.1 Å². The van der Waals surface area contributed by atoms with Crippen molar-refractivity contribution >= 4 is 5.91 Å². The molecule has 6 nitrogen and oxygen atoms in total. The van der Waals surface area contributed by atoms with Crippen LogP contribution in [0.2, 0.25) is 0 Å². The zero-order valence-electron chi connectivity index (χ0n) is 13.2. The summed E-state index contributed by atoms with van der Waals surface area (Å²) >= 11 is 0. The van der Waals surface area contributed by atoms with Crippen LogP contribution in [0.3, 0.4) is 0 Å². The number of hydrogen-bond acceptors (Lipinski definition) is 4. The van der Waals surface area contributed by atoms with E-state index in [0.29, 0.717) is 0 Å². The summed E-state index contributed by atoms with van der Waals surface area (Å²) in [7, 11) is 0. The number of β-amino-alcohol motifs (C(OH)–C–C–N with tert-alkyl or cyclic N) is 1. The highest BCUT2D eigenvalue weighted by Gasteiger charge is 2.41. The van der Waals surface area contributed by atoms with E-state index in [1.54, 1.807) is 0 Å². The number of aliphatic hydroxyl groups excluding tert-OH is 1. The van der Waals surface area contributed by atoms with Crippen molar-refractivity contribution in [3.63, 3.8) is 0 Å². The molecule has 1 saturated heterocycles. The number of likely N-dealkylation sites (tertiary alicyclic amines) is 1. The molecule has 1 fully saturated rings. The van der Waals surface area contributed by atoms with Crippen molar-refractivity contribution in [3.05, 3.63) is 48.0 Å². The zero-order valence-corrected chi connectivity index (χ0v) is 13.2. The van der Waals surface area contributed by atoms with Gasteiger partial charge in [0, 0.05) is 13.0 Å². The van der Waals surface area contributed by atoms with Gasteiger partial charge in [-0.15, -0.1) is 0 Å². The molecule has 0 aliphatic carbocycles. The monoisotopic (exact) mass is 354 g/mol. The van der Waals surface area contributed by atoms with Gasteiger partial charge in [-0.1, -0.05) is 18.2 Å². The molecule has 0 radical (unpaired) electrons. The number of aliphatic hydroxyl groups is 1. The van der Waals surface area contributed by atoms with Gasteiger partial charge in [-0.3, -0.25) is 9.48 Å². The summed E-state index contributed by atoms with van der Waals surface area (Å²) in [5.41, 5.74) is -0.760. The Morgan fingerprint density at radius 1 is 1.32 bits per heavy atom. The number of benzene rings is 1. The predicted octanol–water partition coefficient (Wildman–Crippen LogP) is 2.02. The van der Waals surface area contributed by atoms with E-state index >= 15 is 0 Å². The lowest BCUT2D eigenvalue weighted by molar-refractivity contribution is -0.140. The number of aromatic nitrogens is 3. The molecular weight excluding hydrogens is 337 g/mol. The largest absolute Gasteiger partial charge is 0.416 e. The van der Waals surface area contributed by atoms with Gasteiger partial charge in [0.1, 0.15) is 12.7 Å². The van der Waals surface area contributed by atoms with Crippen molar-refractivity contribution in [2.45, 2.75) is 37.7 Å². The molecule has 25 heavy (non-hydrogen) atoms. The first-order valence-electron chi connectivity index (χ1n) is 7.82. The quantitative estimate of drug-likeness (QED) is 0.912. The fourth-order valence-electron chi connectivity index (χ4n) is 3.13. The smallest absolute Gasteiger partial charge is 0.391 e. The molecule has 1 N–H and O–H groups in total. The molecule has 134 valence electrons. The number of carbonyl (C=O) groups is 1. The van der Waals surface area contributed by atoms with Crippen LogP contribution in [0.25, 0.3) is 0 Å². The van der Waals surface area contributed by atoms with Crippen LogP contribution in [0.4, 0.5) is 13.2 Å². The second-order valence-corrected chi connectivity index (χ2v) is 5.94. The summed E-state index contributed by atoms with van der Waals surface area (Å²) < 4.78 is 41.3. The van der Waals surface area contributed by atoms with Crippen LogP contribution in [-0.4, -0.2) is 43.3 Å². The van der Waals surface area contributed by atoms with E-state index in [-0.39, 0.29) is 37.4 Å². The molecular formula is C16H17F3N4O2. The highest BCUT2D eigenvalue weighted by molar-refractivity contribution is 5.77. The predicted molar refractivity (Wildman–Crippen MR) is 81.2 cm³/mol. The SMILES string of the molecule is O=C(CCn1cncn1)N1CC(O)CC1c1ccccc1C(F)(F)F. The van der Waals surface area contributed by atoms with E-state index in [1.165, 1.54) is 40.4 Å². The molecule has 0 spiro atoms. The van der Waals surface area contributed by atoms with Crippen LogP contribution in [0.15, 0.2) is 36.9 Å². The van der Waals surface area contributed by atoms with Crippen LogP contribution in [0.1, 0.15) is 30.0 Å². The molecule has 1 aliphatic heterocycles. The van der Waals surface area contributed by atoms with Crippen LogP contribution in [-0.2, 0) is 17.5 Å². The van der Waals surface area contributed by atoms with Crippen LogP contribution in [0.5, 0.6) is 0 Å². The van der Waals surface area contributed by atoms with Gasteiger partial charge in [0.15, 0.2) is 0 Å². The Balaban J connectivity index is 1.81. The van der Waals surface area contributed by atoms with Crippen LogP contribution >= 0.6 is 0 Å². The average molecular weight is 354 g/mol. The first kappa shape index (κ1) is 17.4. The maximum Gasteiger partial charge on any atom is 0.416 e. The summed E-state index contributed by atoms with van der Waals surface area (Å²) in [6.45, 7) is 0.298. The number of hydrogen-bond donors (Lipinski definition) is 1. The van der Waals surface area contributed by atoms with Gasteiger partial charge in [0.05, 0.1) is 24.3 Å². The standard InChI is InChI=1S/C16H17F3N4O2/c17-16(18,19)13-4-2-1-3-12(13)14-7-11(24)8-23(14)15(25)5-6-22-10-20-9-21-22/h1-4,9-11,14,24H,5-8H2. The number of amides is 1. The van der Waals surface area contributed by atoms with Crippen molar-refractivity contribution < 1.29 is 23.1 Å². The van der Waals surface area contributed by atoms with Crippen molar-refractivity contribution in [3.8, 4) is 0 Å². The minimum atomic E-state index is -4.51. The maximum atomic E-state index is 13.3. The molecule has 1 aliphatic rings. The van der Waals surface area contributed by atoms with Crippen molar-refractivity contribution in [2.75, 3.05) is 6.54 Å². The molecule has 9 heteroatoms. The highest BCUT2D eigenvalue weighted by Crippen LogP contribution is 2.40. The third-order valence-corrected chi connectivity index (χ3v) is 4.25. The van der Waals surface area contributed by atoms with E-state index in [1.807, 2.05) is 0 Å². The Hall–Kier alpha value is -2.42. The fourth-order valence-corrected chi connectivity index (χ4v) is 3.13. The number of alkyl halides is 3. The minimum Gasteiger partial charge on any atom is -0.391 e. The first-order chi connectivity index (χ1) is 11.9. The summed E-state index contributed by atoms with van der Waals surface area (Å²) in [6, 6.07) is 4.39. The van der Waals surface area contributed by atoms with E-state index < -0.39 is 23.9 Å². The lowest BCUT2D eigenvalue weighted by Gasteiger charge is -2.27. The minimum absolute atomic E-state index is 0.0145. The summed E-state index contributed by atoms with van der Waals surface area (Å²) in [5, 5.41) is 13.8. The number of rotatable bonds is 4. The third-order valence-electron chi connectivity index (χ3n) is 4.25. The Bertz CT molecular complexity index is 733. The van der Waals surface area contributed by atoms with Crippen LogP contribution in [0, 0.1) is 0 Å². The van der Waals surface area contributed by atoms with Crippen molar-refractivity contribution in [1.29, 1.82) is 0 Å². The highest BCUT2D eigenvalue weighted by atomic mass is 19.4. The second-order valence-electron chi connectivity index (χ2n) is 5.94. The number of aryl methyl sites for hydroxylation is 1. The van der Waals surface area contributed by atoms with Crippen molar-refractivity contribution in [2.24, 2.45) is 0 Å². The van der Waals surface area contributed by atoms with Gasteiger partial charge >= 0.3 is 6.18 Å². The molecule has 1 aromatic carbocycles. The molecule has 2 unspecified atom stereocenters. The molecule has 2 heterocycles.